The lowest BCUT2D eigenvalue weighted by atomic mass is 10.2. The van der Waals surface area contributed by atoms with Crippen LogP contribution in [0.1, 0.15) is 25.5 Å². The van der Waals surface area contributed by atoms with Crippen LogP contribution in [0.5, 0.6) is 0 Å². The monoisotopic (exact) mass is 368 g/mol. The minimum absolute atomic E-state index is 0.117. The number of rotatable bonds is 7. The van der Waals surface area contributed by atoms with Gasteiger partial charge in [0, 0.05) is 19.0 Å². The largest absolute Gasteiger partial charge is 0.480 e. The summed E-state index contributed by atoms with van der Waals surface area (Å²) in [5, 5.41) is 11.1. The topological polar surface area (TPSA) is 99.9 Å². The van der Waals surface area contributed by atoms with Gasteiger partial charge < -0.3 is 14.8 Å². The third-order valence-electron chi connectivity index (χ3n) is 3.22. The average molecular weight is 368 g/mol. The third kappa shape index (κ3) is 4.68. The summed E-state index contributed by atoms with van der Waals surface area (Å²) in [7, 11) is 0. The van der Waals surface area contributed by atoms with Gasteiger partial charge in [0.25, 0.3) is 5.91 Å². The summed E-state index contributed by atoms with van der Waals surface area (Å²) >= 11 is 6.38. The van der Waals surface area contributed by atoms with Crippen LogP contribution in [0.15, 0.2) is 27.7 Å². The average Bonchev–Trinajstić information content (AvgIpc) is 3.11. The van der Waals surface area contributed by atoms with E-state index in [0.29, 0.717) is 28.0 Å². The minimum atomic E-state index is -1.09. The highest BCUT2D eigenvalue weighted by molar-refractivity contribution is 8.26. The number of aliphatic carboxylic acids is 1. The van der Waals surface area contributed by atoms with Crippen molar-refractivity contribution < 1.29 is 23.9 Å². The molecule has 1 saturated heterocycles. The van der Waals surface area contributed by atoms with Gasteiger partial charge in [-0.25, -0.2) is 0 Å². The van der Waals surface area contributed by atoms with Crippen molar-refractivity contribution in [1.29, 1.82) is 0 Å². The molecule has 0 saturated carbocycles. The first-order valence-corrected chi connectivity index (χ1v) is 8.42. The Bertz CT molecular complexity index is 684. The molecule has 0 spiro atoms. The Hall–Kier alpha value is -2.13. The predicted molar refractivity (Wildman–Crippen MR) is 93.1 cm³/mol. The molecule has 0 aliphatic carbocycles. The van der Waals surface area contributed by atoms with E-state index in [1.807, 2.05) is 0 Å². The van der Waals surface area contributed by atoms with E-state index in [4.69, 9.17) is 21.7 Å². The van der Waals surface area contributed by atoms with E-state index in [2.05, 4.69) is 5.32 Å². The highest BCUT2D eigenvalue weighted by atomic mass is 32.2. The number of hydrogen-bond acceptors (Lipinski definition) is 6. The second kappa shape index (κ2) is 8.11. The molecule has 2 amide bonds. The Morgan fingerprint density at radius 2 is 2.29 bits per heavy atom. The number of carbonyl (C=O) groups excluding carboxylic acids is 2. The lowest BCUT2D eigenvalue weighted by molar-refractivity contribution is -0.141. The van der Waals surface area contributed by atoms with Crippen molar-refractivity contribution in [2.75, 3.05) is 6.54 Å². The van der Waals surface area contributed by atoms with E-state index in [1.54, 1.807) is 18.2 Å². The summed E-state index contributed by atoms with van der Waals surface area (Å²) in [6.07, 6.45) is 3.65. The number of hydrogen-bond donors (Lipinski definition) is 2. The van der Waals surface area contributed by atoms with E-state index in [-0.39, 0.29) is 18.2 Å². The van der Waals surface area contributed by atoms with Gasteiger partial charge in [-0.2, -0.15) is 0 Å². The van der Waals surface area contributed by atoms with Crippen LogP contribution in [-0.2, 0) is 14.4 Å². The van der Waals surface area contributed by atoms with Crippen LogP contribution in [0.25, 0.3) is 6.08 Å². The van der Waals surface area contributed by atoms with Gasteiger partial charge in [-0.15, -0.1) is 0 Å². The van der Waals surface area contributed by atoms with Gasteiger partial charge in [0.2, 0.25) is 5.91 Å². The molecule has 1 atom stereocenters. The first-order chi connectivity index (χ1) is 11.4. The number of amides is 2. The Morgan fingerprint density at radius 3 is 2.92 bits per heavy atom. The summed E-state index contributed by atoms with van der Waals surface area (Å²) < 4.78 is 5.61. The number of thiocarbonyl (C=S) groups is 1. The molecule has 1 aromatic rings. The standard InChI is InChI=1S/C15H16N2O5S2/c1-9(14(20)21)16-12(18)5-2-6-17-13(19)11(24-15(17)23)8-10-4-3-7-22-10/h3-4,7-9H,2,5-6H2,1H3,(H,16,18)(H,20,21)/b11-8-. The molecule has 2 rings (SSSR count). The molecule has 1 unspecified atom stereocenters. The lowest BCUT2D eigenvalue weighted by Crippen LogP contribution is -2.38. The maximum atomic E-state index is 12.3. The zero-order chi connectivity index (χ0) is 17.7. The first-order valence-electron chi connectivity index (χ1n) is 7.19. The fourth-order valence-corrected chi connectivity index (χ4v) is 3.26. The number of carboxylic acid groups (broad SMARTS) is 1. The van der Waals surface area contributed by atoms with Crippen LogP contribution in [0.3, 0.4) is 0 Å². The molecule has 0 aromatic carbocycles. The fourth-order valence-electron chi connectivity index (χ4n) is 1.97. The van der Waals surface area contributed by atoms with Crippen molar-refractivity contribution in [3.05, 3.63) is 29.1 Å². The van der Waals surface area contributed by atoms with Gasteiger partial charge >= 0.3 is 5.97 Å². The van der Waals surface area contributed by atoms with Gasteiger partial charge in [-0.3, -0.25) is 19.3 Å². The SMILES string of the molecule is CC(NC(=O)CCCN1C(=O)/C(=C/c2ccco2)SC1=S)C(=O)O. The van der Waals surface area contributed by atoms with Crippen molar-refractivity contribution in [2.24, 2.45) is 0 Å². The second-order valence-electron chi connectivity index (χ2n) is 5.08. The second-order valence-corrected chi connectivity index (χ2v) is 6.76. The molecule has 24 heavy (non-hydrogen) atoms. The quantitative estimate of drug-likeness (QED) is 0.559. The molecule has 0 radical (unpaired) electrons. The van der Waals surface area contributed by atoms with E-state index in [9.17, 15) is 14.4 Å². The predicted octanol–water partition coefficient (Wildman–Crippen LogP) is 1.85. The Kier molecular flexibility index (Phi) is 6.16. The van der Waals surface area contributed by atoms with Crippen molar-refractivity contribution in [2.45, 2.75) is 25.8 Å². The van der Waals surface area contributed by atoms with Crippen LogP contribution in [0, 0.1) is 0 Å². The zero-order valence-corrected chi connectivity index (χ0v) is 14.5. The number of carbonyl (C=O) groups is 3. The Labute approximate surface area is 148 Å². The van der Waals surface area contributed by atoms with Gasteiger partial charge in [0.15, 0.2) is 0 Å². The van der Waals surface area contributed by atoms with Crippen LogP contribution in [-0.4, -0.2) is 44.7 Å². The van der Waals surface area contributed by atoms with Crippen LogP contribution < -0.4 is 5.32 Å². The lowest BCUT2D eigenvalue weighted by Gasteiger charge is -2.14. The number of thioether (sulfide) groups is 1. The molecule has 7 nitrogen and oxygen atoms in total. The summed E-state index contributed by atoms with van der Waals surface area (Å²) in [4.78, 5) is 36.5. The summed E-state index contributed by atoms with van der Waals surface area (Å²) in [5.41, 5.74) is 0. The molecule has 128 valence electrons. The van der Waals surface area contributed by atoms with Gasteiger partial charge in [-0.1, -0.05) is 24.0 Å². The van der Waals surface area contributed by atoms with E-state index in [0.717, 1.165) is 0 Å². The molecular formula is C15H16N2O5S2. The number of furan rings is 1. The van der Waals surface area contributed by atoms with E-state index in [1.165, 1.54) is 29.8 Å². The molecule has 1 aliphatic heterocycles. The van der Waals surface area contributed by atoms with Crippen LogP contribution in [0.4, 0.5) is 0 Å². The molecule has 1 aliphatic rings. The maximum absolute atomic E-state index is 12.3. The smallest absolute Gasteiger partial charge is 0.325 e. The summed E-state index contributed by atoms with van der Waals surface area (Å²) in [6.45, 7) is 1.69. The third-order valence-corrected chi connectivity index (χ3v) is 4.60. The molecular weight excluding hydrogens is 352 g/mol. The summed E-state index contributed by atoms with van der Waals surface area (Å²) in [6, 6.07) is 2.52. The van der Waals surface area contributed by atoms with Crippen molar-refractivity contribution in [3.8, 4) is 0 Å². The van der Waals surface area contributed by atoms with Crippen LogP contribution in [0.2, 0.25) is 0 Å². The minimum Gasteiger partial charge on any atom is -0.480 e. The Balaban J connectivity index is 1.85. The molecule has 2 heterocycles. The first kappa shape index (κ1) is 18.2. The van der Waals surface area contributed by atoms with Crippen molar-refractivity contribution >= 4 is 52.2 Å². The zero-order valence-electron chi connectivity index (χ0n) is 12.9. The Morgan fingerprint density at radius 1 is 1.54 bits per heavy atom. The van der Waals surface area contributed by atoms with E-state index < -0.39 is 12.0 Å². The summed E-state index contributed by atoms with van der Waals surface area (Å²) in [5.74, 6) is -1.12. The molecule has 1 aromatic heterocycles. The van der Waals surface area contributed by atoms with Crippen molar-refractivity contribution in [1.82, 2.24) is 10.2 Å². The fraction of sp³-hybridized carbons (Fsp3) is 0.333. The molecule has 1 fully saturated rings. The molecule has 9 heteroatoms. The maximum Gasteiger partial charge on any atom is 0.325 e. The molecule has 0 bridgehead atoms. The highest BCUT2D eigenvalue weighted by Gasteiger charge is 2.31. The number of nitrogens with zero attached hydrogens (tertiary/aromatic N) is 1. The van der Waals surface area contributed by atoms with Crippen molar-refractivity contribution in [3.63, 3.8) is 0 Å². The van der Waals surface area contributed by atoms with Crippen LogP contribution >= 0.6 is 24.0 Å². The normalized spacial score (nSPS) is 17.4. The van der Waals surface area contributed by atoms with E-state index >= 15 is 0 Å². The highest BCUT2D eigenvalue weighted by Crippen LogP contribution is 2.32. The van der Waals surface area contributed by atoms with Gasteiger partial charge in [-0.05, 0) is 25.5 Å². The van der Waals surface area contributed by atoms with Gasteiger partial charge in [0.1, 0.15) is 16.1 Å². The number of carboxylic acids is 1. The molecule has 2 N–H and O–H groups in total. The number of nitrogens with one attached hydrogen (secondary N) is 1. The van der Waals surface area contributed by atoms with Gasteiger partial charge in [0.05, 0.1) is 11.2 Å².